The van der Waals surface area contributed by atoms with Crippen molar-refractivity contribution in [1.82, 2.24) is 9.78 Å². The molecule has 0 spiro atoms. The van der Waals surface area contributed by atoms with E-state index in [9.17, 15) is 9.18 Å². The summed E-state index contributed by atoms with van der Waals surface area (Å²) in [4.78, 5) is 10.9. The number of hydrogen-bond donors (Lipinski definition) is 1. The molecule has 0 unspecified atom stereocenters. The molecule has 0 aliphatic heterocycles. The fraction of sp³-hybridized carbons (Fsp3) is 0.0909. The molecule has 5 heteroatoms. The second-order valence-electron chi connectivity index (χ2n) is 3.38. The molecule has 0 saturated carbocycles. The molecular formula is C11H9FN2O2. The largest absolute Gasteiger partial charge is 0.478 e. The standard InChI is InChI=1S/C11H9FN2O2/c1-14-6-9(11(15)16)10(13-14)7-3-2-4-8(12)5-7/h2-6H,1H3,(H,15,16). The third kappa shape index (κ3) is 1.79. The average molecular weight is 220 g/mol. The highest BCUT2D eigenvalue weighted by molar-refractivity contribution is 5.94. The van der Waals surface area contributed by atoms with E-state index in [0.717, 1.165) is 0 Å². The summed E-state index contributed by atoms with van der Waals surface area (Å²) in [6, 6.07) is 5.70. The zero-order valence-corrected chi connectivity index (χ0v) is 8.51. The Balaban J connectivity index is 2.59. The molecule has 16 heavy (non-hydrogen) atoms. The number of aromatic nitrogens is 2. The molecular weight excluding hydrogens is 211 g/mol. The summed E-state index contributed by atoms with van der Waals surface area (Å²) in [7, 11) is 1.62. The lowest BCUT2D eigenvalue weighted by atomic mass is 10.1. The number of carboxylic acids is 1. The Labute approximate surface area is 90.9 Å². The minimum Gasteiger partial charge on any atom is -0.478 e. The fourth-order valence-electron chi connectivity index (χ4n) is 1.49. The van der Waals surface area contributed by atoms with E-state index in [4.69, 9.17) is 5.11 Å². The van der Waals surface area contributed by atoms with Crippen molar-refractivity contribution in [3.8, 4) is 11.3 Å². The van der Waals surface area contributed by atoms with Crippen molar-refractivity contribution in [1.29, 1.82) is 0 Å². The Bertz CT molecular complexity index is 549. The highest BCUT2D eigenvalue weighted by Crippen LogP contribution is 2.22. The van der Waals surface area contributed by atoms with Gasteiger partial charge in [0.15, 0.2) is 0 Å². The van der Waals surface area contributed by atoms with Crippen molar-refractivity contribution in [3.63, 3.8) is 0 Å². The number of hydrogen-bond acceptors (Lipinski definition) is 2. The molecule has 1 aromatic carbocycles. The number of benzene rings is 1. The van der Waals surface area contributed by atoms with E-state index < -0.39 is 11.8 Å². The lowest BCUT2D eigenvalue weighted by Gasteiger charge is -1.98. The van der Waals surface area contributed by atoms with Crippen LogP contribution in [0.25, 0.3) is 11.3 Å². The maximum Gasteiger partial charge on any atom is 0.339 e. The van der Waals surface area contributed by atoms with Gasteiger partial charge in [-0.05, 0) is 12.1 Å². The molecule has 0 fully saturated rings. The van der Waals surface area contributed by atoms with Crippen LogP contribution in [0.15, 0.2) is 30.5 Å². The van der Waals surface area contributed by atoms with E-state index in [2.05, 4.69) is 5.10 Å². The Morgan fingerprint density at radius 1 is 1.50 bits per heavy atom. The van der Waals surface area contributed by atoms with E-state index in [0.29, 0.717) is 5.56 Å². The smallest absolute Gasteiger partial charge is 0.339 e. The van der Waals surface area contributed by atoms with E-state index >= 15 is 0 Å². The Morgan fingerprint density at radius 2 is 2.25 bits per heavy atom. The van der Waals surface area contributed by atoms with Crippen LogP contribution < -0.4 is 0 Å². The van der Waals surface area contributed by atoms with Gasteiger partial charge in [0.2, 0.25) is 0 Å². The number of aryl methyl sites for hydroxylation is 1. The molecule has 1 heterocycles. The van der Waals surface area contributed by atoms with Crippen LogP contribution in [0, 0.1) is 5.82 Å². The molecule has 1 N–H and O–H groups in total. The van der Waals surface area contributed by atoms with Crippen LogP contribution in [0.4, 0.5) is 4.39 Å². The maximum absolute atomic E-state index is 13.0. The van der Waals surface area contributed by atoms with Gasteiger partial charge in [0.25, 0.3) is 0 Å². The Hall–Kier alpha value is -2.17. The number of aromatic carboxylic acids is 1. The van der Waals surface area contributed by atoms with Crippen LogP contribution in [-0.4, -0.2) is 20.9 Å². The normalized spacial score (nSPS) is 10.4. The van der Waals surface area contributed by atoms with Crippen LogP contribution in [0.3, 0.4) is 0 Å². The lowest BCUT2D eigenvalue weighted by Crippen LogP contribution is -1.96. The van der Waals surface area contributed by atoms with Crippen molar-refractivity contribution in [2.75, 3.05) is 0 Å². The Kier molecular flexibility index (Phi) is 2.44. The molecule has 82 valence electrons. The van der Waals surface area contributed by atoms with Crippen molar-refractivity contribution in [2.45, 2.75) is 0 Å². The van der Waals surface area contributed by atoms with Gasteiger partial charge in [-0.25, -0.2) is 9.18 Å². The molecule has 2 rings (SSSR count). The first-order chi connectivity index (χ1) is 7.58. The predicted octanol–water partition coefficient (Wildman–Crippen LogP) is 1.92. The third-order valence-electron chi connectivity index (χ3n) is 2.16. The second kappa shape index (κ2) is 3.77. The van der Waals surface area contributed by atoms with Gasteiger partial charge in [0.05, 0.1) is 0 Å². The number of halogens is 1. The van der Waals surface area contributed by atoms with Crippen LogP contribution in [-0.2, 0) is 7.05 Å². The van der Waals surface area contributed by atoms with Crippen molar-refractivity contribution < 1.29 is 14.3 Å². The van der Waals surface area contributed by atoms with Gasteiger partial charge in [-0.15, -0.1) is 0 Å². The second-order valence-corrected chi connectivity index (χ2v) is 3.38. The molecule has 0 amide bonds. The first kappa shape index (κ1) is 10.4. The van der Waals surface area contributed by atoms with Gasteiger partial charge in [0.1, 0.15) is 17.1 Å². The first-order valence-electron chi connectivity index (χ1n) is 4.61. The molecule has 0 atom stereocenters. The maximum atomic E-state index is 13.0. The monoisotopic (exact) mass is 220 g/mol. The van der Waals surface area contributed by atoms with Gasteiger partial charge in [-0.3, -0.25) is 4.68 Å². The first-order valence-corrected chi connectivity index (χ1v) is 4.61. The molecule has 0 radical (unpaired) electrons. The number of rotatable bonds is 2. The van der Waals surface area contributed by atoms with E-state index in [1.807, 2.05) is 0 Å². The van der Waals surface area contributed by atoms with E-state index in [1.54, 1.807) is 13.1 Å². The highest BCUT2D eigenvalue weighted by atomic mass is 19.1. The number of carbonyl (C=O) groups is 1. The summed E-state index contributed by atoms with van der Waals surface area (Å²) in [5.41, 5.74) is 0.792. The average Bonchev–Trinajstić information content (AvgIpc) is 2.60. The lowest BCUT2D eigenvalue weighted by molar-refractivity contribution is 0.0697. The van der Waals surface area contributed by atoms with Crippen LogP contribution >= 0.6 is 0 Å². The molecule has 4 nitrogen and oxygen atoms in total. The van der Waals surface area contributed by atoms with Crippen molar-refractivity contribution in [2.24, 2.45) is 7.05 Å². The summed E-state index contributed by atoms with van der Waals surface area (Å²) >= 11 is 0. The Morgan fingerprint density at radius 3 is 2.88 bits per heavy atom. The fourth-order valence-corrected chi connectivity index (χ4v) is 1.49. The van der Waals surface area contributed by atoms with Crippen molar-refractivity contribution in [3.05, 3.63) is 41.8 Å². The minimum absolute atomic E-state index is 0.0631. The molecule has 2 aromatic rings. The molecule has 1 aromatic heterocycles. The summed E-state index contributed by atoms with van der Waals surface area (Å²) in [5, 5.41) is 13.0. The van der Waals surface area contributed by atoms with Gasteiger partial charge >= 0.3 is 5.97 Å². The van der Waals surface area contributed by atoms with E-state index in [-0.39, 0.29) is 11.3 Å². The van der Waals surface area contributed by atoms with Crippen LogP contribution in [0.5, 0.6) is 0 Å². The summed E-state index contributed by atoms with van der Waals surface area (Å²) in [6.07, 6.45) is 1.39. The van der Waals surface area contributed by atoms with E-state index in [1.165, 1.54) is 29.1 Å². The number of nitrogens with zero attached hydrogens (tertiary/aromatic N) is 2. The molecule has 0 aliphatic carbocycles. The molecule has 0 bridgehead atoms. The third-order valence-corrected chi connectivity index (χ3v) is 2.16. The highest BCUT2D eigenvalue weighted by Gasteiger charge is 2.16. The van der Waals surface area contributed by atoms with Gasteiger partial charge in [-0.2, -0.15) is 5.10 Å². The zero-order valence-electron chi connectivity index (χ0n) is 8.51. The molecule has 0 aliphatic rings. The van der Waals surface area contributed by atoms with Crippen LogP contribution in [0.2, 0.25) is 0 Å². The predicted molar refractivity (Wildman–Crippen MR) is 55.6 cm³/mol. The molecule has 0 saturated heterocycles. The minimum atomic E-state index is -1.08. The summed E-state index contributed by atoms with van der Waals surface area (Å²) in [6.45, 7) is 0. The topological polar surface area (TPSA) is 55.1 Å². The van der Waals surface area contributed by atoms with Crippen molar-refractivity contribution >= 4 is 5.97 Å². The van der Waals surface area contributed by atoms with Gasteiger partial charge in [-0.1, -0.05) is 12.1 Å². The number of carboxylic acid groups (broad SMARTS) is 1. The quantitative estimate of drug-likeness (QED) is 0.841. The zero-order chi connectivity index (χ0) is 11.7. The summed E-state index contributed by atoms with van der Waals surface area (Å²) < 4.78 is 14.4. The van der Waals surface area contributed by atoms with Crippen LogP contribution in [0.1, 0.15) is 10.4 Å². The SMILES string of the molecule is Cn1cc(C(=O)O)c(-c2cccc(F)c2)n1. The van der Waals surface area contributed by atoms with Gasteiger partial charge < -0.3 is 5.11 Å². The summed E-state index contributed by atoms with van der Waals surface area (Å²) in [5.74, 6) is -1.49. The van der Waals surface area contributed by atoms with Gasteiger partial charge in [0, 0.05) is 18.8 Å².